The molecule has 0 spiro atoms. The summed E-state index contributed by atoms with van der Waals surface area (Å²) >= 11 is 0. The topological polar surface area (TPSA) is 105 Å². The molecule has 3 aromatic rings. The number of aryl methyl sites for hydroxylation is 1. The normalized spacial score (nSPS) is 23.2. The molecule has 0 bridgehead atoms. The lowest BCUT2D eigenvalue weighted by molar-refractivity contribution is 0.0718. The van der Waals surface area contributed by atoms with Gasteiger partial charge in [-0.15, -0.1) is 0 Å². The van der Waals surface area contributed by atoms with Gasteiger partial charge in [-0.05, 0) is 37.8 Å². The molecule has 33 heavy (non-hydrogen) atoms. The van der Waals surface area contributed by atoms with Crippen LogP contribution >= 0.6 is 0 Å². The number of aliphatic hydroxyl groups excluding tert-OH is 1. The third-order valence-corrected chi connectivity index (χ3v) is 6.73. The zero-order valence-corrected chi connectivity index (χ0v) is 18.4. The van der Waals surface area contributed by atoms with E-state index in [0.717, 1.165) is 25.7 Å². The molecule has 1 aliphatic carbocycles. The van der Waals surface area contributed by atoms with Gasteiger partial charge in [-0.25, -0.2) is 13.9 Å². The fourth-order valence-corrected chi connectivity index (χ4v) is 5.00. The van der Waals surface area contributed by atoms with Crippen molar-refractivity contribution in [3.8, 4) is 0 Å². The minimum Gasteiger partial charge on any atom is -0.391 e. The molecule has 2 fully saturated rings. The number of carbonyl (C=O) groups excluding carboxylic acids is 1. The van der Waals surface area contributed by atoms with Gasteiger partial charge in [0, 0.05) is 31.5 Å². The maximum absolute atomic E-state index is 14.1. The van der Waals surface area contributed by atoms with Crippen molar-refractivity contribution in [3.63, 3.8) is 0 Å². The first kappa shape index (κ1) is 21.6. The number of nitrogens with one attached hydrogen (secondary N) is 1. The van der Waals surface area contributed by atoms with Gasteiger partial charge in [0.1, 0.15) is 17.2 Å². The molecule has 1 saturated heterocycles. The fraction of sp³-hybridized carbons (Fsp3) is 0.478. The molecular formula is C23H27FN6O3. The van der Waals surface area contributed by atoms with Crippen LogP contribution in [0.25, 0.3) is 5.65 Å². The van der Waals surface area contributed by atoms with Gasteiger partial charge in [0.25, 0.3) is 11.5 Å². The number of halogens is 1. The number of hydrogen-bond donors (Lipinski definition) is 2. The van der Waals surface area contributed by atoms with Crippen LogP contribution < -0.4 is 15.8 Å². The first-order chi connectivity index (χ1) is 15.9. The Morgan fingerprint density at radius 1 is 1.24 bits per heavy atom. The molecule has 5 rings (SSSR count). The summed E-state index contributed by atoms with van der Waals surface area (Å²) < 4.78 is 16.8. The summed E-state index contributed by atoms with van der Waals surface area (Å²) in [6.45, 7) is 0.664. The first-order valence-electron chi connectivity index (χ1n) is 11.4. The number of rotatable bonds is 4. The highest BCUT2D eigenvalue weighted by atomic mass is 19.1. The van der Waals surface area contributed by atoms with E-state index in [4.69, 9.17) is 4.98 Å². The van der Waals surface area contributed by atoms with E-state index in [0.29, 0.717) is 42.0 Å². The van der Waals surface area contributed by atoms with Crippen molar-refractivity contribution in [2.24, 2.45) is 7.05 Å². The summed E-state index contributed by atoms with van der Waals surface area (Å²) in [7, 11) is 1.54. The Balaban J connectivity index is 1.46. The van der Waals surface area contributed by atoms with Crippen molar-refractivity contribution in [1.82, 2.24) is 24.5 Å². The Bertz CT molecular complexity index is 1250. The lowest BCUT2D eigenvalue weighted by Gasteiger charge is -2.28. The predicted molar refractivity (Wildman–Crippen MR) is 120 cm³/mol. The molecule has 1 aliphatic heterocycles. The van der Waals surface area contributed by atoms with E-state index in [2.05, 4.69) is 10.4 Å². The second-order valence-corrected chi connectivity index (χ2v) is 8.93. The highest BCUT2D eigenvalue weighted by Crippen LogP contribution is 2.34. The van der Waals surface area contributed by atoms with Gasteiger partial charge in [-0.1, -0.05) is 12.8 Å². The maximum Gasteiger partial charge on any atom is 0.257 e. The van der Waals surface area contributed by atoms with Crippen molar-refractivity contribution in [2.75, 3.05) is 11.4 Å². The van der Waals surface area contributed by atoms with Crippen molar-refractivity contribution in [2.45, 2.75) is 56.7 Å². The van der Waals surface area contributed by atoms with Gasteiger partial charge < -0.3 is 19.9 Å². The van der Waals surface area contributed by atoms with Crippen LogP contribution in [0.5, 0.6) is 0 Å². The van der Waals surface area contributed by atoms with Gasteiger partial charge in [0.05, 0.1) is 24.4 Å². The van der Waals surface area contributed by atoms with Gasteiger partial charge in [0.2, 0.25) is 0 Å². The number of anilines is 1. The van der Waals surface area contributed by atoms with Crippen LogP contribution in [0.3, 0.4) is 0 Å². The number of nitrogens with zero attached hydrogens (tertiary/aromatic N) is 5. The van der Waals surface area contributed by atoms with Gasteiger partial charge in [-0.3, -0.25) is 9.59 Å². The highest BCUT2D eigenvalue weighted by molar-refractivity contribution is 6.00. The monoisotopic (exact) mass is 454 g/mol. The molecule has 2 aliphatic rings. The van der Waals surface area contributed by atoms with E-state index in [-0.39, 0.29) is 23.6 Å². The third kappa shape index (κ3) is 3.99. The second-order valence-electron chi connectivity index (χ2n) is 8.93. The van der Waals surface area contributed by atoms with Crippen molar-refractivity contribution < 1.29 is 14.3 Å². The number of fused-ring (bicyclic) bond motifs is 1. The summed E-state index contributed by atoms with van der Waals surface area (Å²) in [5.41, 5.74) is 0.888. The van der Waals surface area contributed by atoms with Crippen LogP contribution in [0.2, 0.25) is 0 Å². The molecule has 9 nitrogen and oxygen atoms in total. The van der Waals surface area contributed by atoms with E-state index in [1.54, 1.807) is 19.3 Å². The zero-order chi connectivity index (χ0) is 23.1. The summed E-state index contributed by atoms with van der Waals surface area (Å²) in [5.74, 6) is -0.178. The molecule has 1 saturated carbocycles. The maximum atomic E-state index is 14.1. The lowest BCUT2D eigenvalue weighted by Crippen LogP contribution is -2.45. The molecule has 3 atom stereocenters. The lowest BCUT2D eigenvalue weighted by atomic mass is 9.92. The molecule has 174 valence electrons. The molecule has 0 radical (unpaired) electrons. The Morgan fingerprint density at radius 2 is 2.06 bits per heavy atom. The first-order valence-corrected chi connectivity index (χ1v) is 11.4. The van der Waals surface area contributed by atoms with E-state index in [1.807, 2.05) is 4.90 Å². The molecule has 0 aromatic carbocycles. The molecule has 1 unspecified atom stereocenters. The number of hydrogen-bond acceptors (Lipinski definition) is 6. The van der Waals surface area contributed by atoms with Crippen molar-refractivity contribution in [3.05, 3.63) is 58.0 Å². The molecule has 10 heteroatoms. The van der Waals surface area contributed by atoms with Crippen LogP contribution in [0, 0.1) is 5.82 Å². The van der Waals surface area contributed by atoms with Gasteiger partial charge in [0.15, 0.2) is 5.65 Å². The fourth-order valence-electron chi connectivity index (χ4n) is 5.00. The molecule has 3 aromatic heterocycles. The van der Waals surface area contributed by atoms with Crippen molar-refractivity contribution in [1.29, 1.82) is 0 Å². The molecule has 4 heterocycles. The third-order valence-electron chi connectivity index (χ3n) is 6.73. The van der Waals surface area contributed by atoms with E-state index < -0.39 is 11.9 Å². The van der Waals surface area contributed by atoms with Crippen LogP contribution in [-0.2, 0) is 7.05 Å². The zero-order valence-electron chi connectivity index (χ0n) is 18.4. The second kappa shape index (κ2) is 8.58. The Kier molecular flexibility index (Phi) is 5.61. The summed E-state index contributed by atoms with van der Waals surface area (Å²) in [5, 5.41) is 17.4. The summed E-state index contributed by atoms with van der Waals surface area (Å²) in [6, 6.07) is 2.51. The quantitative estimate of drug-likeness (QED) is 0.624. The van der Waals surface area contributed by atoms with E-state index in [1.165, 1.54) is 27.5 Å². The minimum absolute atomic E-state index is 0.232. The van der Waals surface area contributed by atoms with Crippen LogP contribution in [-0.4, -0.2) is 48.9 Å². The Labute approximate surface area is 189 Å². The number of pyridine rings is 1. The standard InChI is InChI=1S/C23H27FN6O3/c1-28-13-14(24)11-15(23(28)33)18-6-4-9-29(18)20-8-10-30-21(27-20)16(12-25-30)22(32)26-17-5-2-3-7-19(17)31/h8,10-13,17-19,31H,2-7,9H2,1H3,(H,26,32)/t17-,18?,19-/m1/s1. The van der Waals surface area contributed by atoms with Crippen LogP contribution in [0.1, 0.15) is 60.5 Å². The Morgan fingerprint density at radius 3 is 2.88 bits per heavy atom. The average Bonchev–Trinajstić information content (AvgIpc) is 3.44. The largest absolute Gasteiger partial charge is 0.391 e. The minimum atomic E-state index is -0.549. The summed E-state index contributed by atoms with van der Waals surface area (Å²) in [6.07, 6.45) is 8.71. The highest BCUT2D eigenvalue weighted by Gasteiger charge is 2.31. The summed E-state index contributed by atoms with van der Waals surface area (Å²) in [4.78, 5) is 32.3. The number of carbonyl (C=O) groups is 1. The smallest absolute Gasteiger partial charge is 0.257 e. The van der Waals surface area contributed by atoms with Crippen molar-refractivity contribution >= 4 is 17.4 Å². The van der Waals surface area contributed by atoms with Gasteiger partial charge >= 0.3 is 0 Å². The Hall–Kier alpha value is -3.27. The number of aliphatic hydroxyl groups is 1. The SMILES string of the molecule is Cn1cc(F)cc(C2CCCN2c2ccn3ncc(C(=O)N[C@@H]4CCCC[C@H]4O)c3n2)c1=O. The van der Waals surface area contributed by atoms with E-state index in [9.17, 15) is 19.1 Å². The average molecular weight is 455 g/mol. The van der Waals surface area contributed by atoms with E-state index >= 15 is 0 Å². The molecule has 1 amide bonds. The van der Waals surface area contributed by atoms with Crippen LogP contribution in [0.4, 0.5) is 10.2 Å². The number of amides is 1. The van der Waals surface area contributed by atoms with Crippen LogP contribution in [0.15, 0.2) is 35.5 Å². The molecular weight excluding hydrogens is 427 g/mol. The van der Waals surface area contributed by atoms with Gasteiger partial charge in [-0.2, -0.15) is 5.10 Å². The predicted octanol–water partition coefficient (Wildman–Crippen LogP) is 1.94. The molecule has 2 N–H and O–H groups in total. The number of aromatic nitrogens is 4.